The third kappa shape index (κ3) is 7.80. The van der Waals surface area contributed by atoms with Crippen LogP contribution in [0.5, 0.6) is 0 Å². The second-order valence-electron chi connectivity index (χ2n) is 8.32. The van der Waals surface area contributed by atoms with Crippen LogP contribution in [0, 0.1) is 5.82 Å². The lowest BCUT2D eigenvalue weighted by atomic mass is 10.1. The Morgan fingerprint density at radius 3 is 2.44 bits per heavy atom. The van der Waals surface area contributed by atoms with Crippen molar-refractivity contribution in [3.05, 3.63) is 77.4 Å². The van der Waals surface area contributed by atoms with Crippen molar-refractivity contribution >= 4 is 29.9 Å². The van der Waals surface area contributed by atoms with E-state index in [4.69, 9.17) is 9.41 Å². The van der Waals surface area contributed by atoms with Gasteiger partial charge in [-0.25, -0.2) is 14.4 Å². The van der Waals surface area contributed by atoms with Gasteiger partial charge < -0.3 is 15.1 Å². The number of guanidine groups is 1. The van der Waals surface area contributed by atoms with Crippen molar-refractivity contribution in [2.24, 2.45) is 4.99 Å². The molecule has 4 rings (SSSR count). The van der Waals surface area contributed by atoms with E-state index in [0.717, 1.165) is 30.3 Å². The van der Waals surface area contributed by atoms with Gasteiger partial charge in [0.05, 0.1) is 12.2 Å². The number of benzene rings is 2. The van der Waals surface area contributed by atoms with Crippen LogP contribution >= 0.6 is 24.0 Å². The van der Waals surface area contributed by atoms with Gasteiger partial charge in [-0.3, -0.25) is 4.90 Å². The fourth-order valence-electron chi connectivity index (χ4n) is 3.92. The summed E-state index contributed by atoms with van der Waals surface area (Å²) in [6, 6.07) is 14.9. The molecule has 3 aromatic rings. The topological polar surface area (TPSA) is 65.7 Å². The molecule has 0 atom stereocenters. The van der Waals surface area contributed by atoms with Gasteiger partial charge in [0.25, 0.3) is 0 Å². The van der Waals surface area contributed by atoms with Crippen LogP contribution in [0.15, 0.2) is 64.2 Å². The van der Waals surface area contributed by atoms with Crippen molar-refractivity contribution in [3.63, 3.8) is 0 Å². The Morgan fingerprint density at radius 1 is 1.03 bits per heavy atom. The molecule has 1 aromatic heterocycles. The highest BCUT2D eigenvalue weighted by Gasteiger charge is 2.11. The molecule has 0 radical (unpaired) electrons. The van der Waals surface area contributed by atoms with Crippen LogP contribution in [-0.4, -0.2) is 42.0 Å². The summed E-state index contributed by atoms with van der Waals surface area (Å²) >= 11 is 0. The Balaban J connectivity index is 0.00000324. The zero-order valence-electron chi connectivity index (χ0n) is 19.6. The first-order chi connectivity index (χ1) is 16.2. The maximum absolute atomic E-state index is 13.1. The number of nitrogens with zero attached hydrogens (tertiary/aromatic N) is 3. The molecule has 1 aliphatic rings. The summed E-state index contributed by atoms with van der Waals surface area (Å²) < 4.78 is 18.6. The predicted molar refractivity (Wildman–Crippen MR) is 145 cm³/mol. The Labute approximate surface area is 218 Å². The third-order valence-electron chi connectivity index (χ3n) is 5.71. The van der Waals surface area contributed by atoms with E-state index in [1.807, 2.05) is 0 Å². The number of hydrogen-bond acceptors (Lipinski definition) is 4. The minimum atomic E-state index is -0.275. The summed E-state index contributed by atoms with van der Waals surface area (Å²) in [6.07, 6.45) is 4.98. The normalized spacial score (nSPS) is 14.1. The summed E-state index contributed by atoms with van der Waals surface area (Å²) in [7, 11) is 0. The molecule has 8 heteroatoms. The molecule has 34 heavy (non-hydrogen) atoms. The van der Waals surface area contributed by atoms with Gasteiger partial charge in [0.1, 0.15) is 12.1 Å². The van der Waals surface area contributed by atoms with E-state index in [1.54, 1.807) is 18.4 Å². The lowest BCUT2D eigenvalue weighted by Gasteiger charge is -2.14. The number of rotatable bonds is 9. The zero-order valence-corrected chi connectivity index (χ0v) is 21.9. The van der Waals surface area contributed by atoms with E-state index in [0.29, 0.717) is 25.4 Å². The molecule has 0 spiro atoms. The molecule has 1 fully saturated rings. The Hall–Kier alpha value is -2.46. The molecule has 1 aliphatic heterocycles. The molecule has 0 saturated carbocycles. The SMILES string of the molecule is CCNC(=NCc1ccc(CN2CCCC2)cc1)NCCc1coc(-c2ccc(F)cc2)n1.I. The van der Waals surface area contributed by atoms with Crippen molar-refractivity contribution in [2.75, 3.05) is 26.2 Å². The van der Waals surface area contributed by atoms with Crippen LogP contribution in [0.25, 0.3) is 11.5 Å². The maximum atomic E-state index is 13.1. The minimum absolute atomic E-state index is 0. The van der Waals surface area contributed by atoms with Crippen molar-refractivity contribution in [3.8, 4) is 11.5 Å². The van der Waals surface area contributed by atoms with Crippen LogP contribution in [0.1, 0.15) is 36.6 Å². The molecule has 0 amide bonds. The first-order valence-electron chi connectivity index (χ1n) is 11.7. The van der Waals surface area contributed by atoms with Crippen molar-refractivity contribution < 1.29 is 8.81 Å². The summed E-state index contributed by atoms with van der Waals surface area (Å²) in [5.41, 5.74) is 4.16. The number of oxazole rings is 1. The third-order valence-corrected chi connectivity index (χ3v) is 5.71. The second-order valence-corrected chi connectivity index (χ2v) is 8.32. The summed E-state index contributed by atoms with van der Waals surface area (Å²) in [5, 5.41) is 6.64. The number of halogens is 2. The van der Waals surface area contributed by atoms with Gasteiger partial charge >= 0.3 is 0 Å². The average molecular weight is 577 g/mol. The van der Waals surface area contributed by atoms with E-state index in [2.05, 4.69) is 51.7 Å². The largest absolute Gasteiger partial charge is 0.444 e. The number of aliphatic imine (C=N–C) groups is 1. The van der Waals surface area contributed by atoms with Gasteiger partial charge in [-0.2, -0.15) is 0 Å². The summed E-state index contributed by atoms with van der Waals surface area (Å²) in [5.74, 6) is 1.00. The molecule has 182 valence electrons. The van der Waals surface area contributed by atoms with E-state index in [9.17, 15) is 4.39 Å². The molecule has 0 aliphatic carbocycles. The van der Waals surface area contributed by atoms with Crippen LogP contribution in [0.2, 0.25) is 0 Å². The number of aromatic nitrogens is 1. The number of likely N-dealkylation sites (tertiary alicyclic amines) is 1. The fourth-order valence-corrected chi connectivity index (χ4v) is 3.92. The van der Waals surface area contributed by atoms with Gasteiger partial charge in [0, 0.05) is 31.6 Å². The Bertz CT molecular complexity index is 1030. The fraction of sp³-hybridized carbons (Fsp3) is 0.385. The molecular formula is C26H33FIN5O. The lowest BCUT2D eigenvalue weighted by molar-refractivity contribution is 0.331. The smallest absolute Gasteiger partial charge is 0.226 e. The highest BCUT2D eigenvalue weighted by atomic mass is 127. The van der Waals surface area contributed by atoms with Gasteiger partial charge in [-0.05, 0) is 68.2 Å². The van der Waals surface area contributed by atoms with Crippen LogP contribution in [0.3, 0.4) is 0 Å². The average Bonchev–Trinajstić information content (AvgIpc) is 3.51. The minimum Gasteiger partial charge on any atom is -0.444 e. The Kier molecular flexibility index (Phi) is 10.3. The quantitative estimate of drug-likeness (QED) is 0.213. The van der Waals surface area contributed by atoms with Crippen LogP contribution < -0.4 is 10.6 Å². The molecular weight excluding hydrogens is 544 g/mol. The van der Waals surface area contributed by atoms with E-state index in [-0.39, 0.29) is 29.8 Å². The van der Waals surface area contributed by atoms with E-state index >= 15 is 0 Å². The number of nitrogens with one attached hydrogen (secondary N) is 2. The van der Waals surface area contributed by atoms with Crippen LogP contribution in [0.4, 0.5) is 4.39 Å². The van der Waals surface area contributed by atoms with Crippen molar-refractivity contribution in [1.82, 2.24) is 20.5 Å². The summed E-state index contributed by atoms with van der Waals surface area (Å²) in [6.45, 7) is 7.61. The first-order valence-corrected chi connectivity index (χ1v) is 11.7. The highest BCUT2D eigenvalue weighted by Crippen LogP contribution is 2.19. The molecule has 2 aromatic carbocycles. The Morgan fingerprint density at radius 2 is 1.74 bits per heavy atom. The lowest BCUT2D eigenvalue weighted by Crippen LogP contribution is -2.38. The van der Waals surface area contributed by atoms with Gasteiger partial charge in [0.2, 0.25) is 5.89 Å². The molecule has 6 nitrogen and oxygen atoms in total. The first kappa shape index (κ1) is 26.2. The van der Waals surface area contributed by atoms with Crippen LogP contribution in [-0.2, 0) is 19.5 Å². The van der Waals surface area contributed by atoms with Gasteiger partial charge in [-0.1, -0.05) is 24.3 Å². The van der Waals surface area contributed by atoms with E-state index in [1.165, 1.54) is 49.2 Å². The standard InChI is InChI=1S/C26H32FN5O.HI/c1-2-28-26(30-17-20-5-7-21(8-6-20)18-32-15-3-4-16-32)29-14-13-24-19-33-25(31-24)22-9-11-23(27)12-10-22;/h5-12,19H,2-4,13-18H2,1H3,(H2,28,29,30);1H. The van der Waals surface area contributed by atoms with Crippen molar-refractivity contribution in [1.29, 1.82) is 0 Å². The molecule has 0 bridgehead atoms. The second kappa shape index (κ2) is 13.4. The zero-order chi connectivity index (χ0) is 22.9. The molecule has 2 heterocycles. The predicted octanol–water partition coefficient (Wildman–Crippen LogP) is 4.99. The maximum Gasteiger partial charge on any atom is 0.226 e. The monoisotopic (exact) mass is 577 g/mol. The highest BCUT2D eigenvalue weighted by molar-refractivity contribution is 14.0. The summed E-state index contributed by atoms with van der Waals surface area (Å²) in [4.78, 5) is 11.7. The molecule has 2 N–H and O–H groups in total. The van der Waals surface area contributed by atoms with Crippen molar-refractivity contribution in [2.45, 2.75) is 39.3 Å². The molecule has 1 saturated heterocycles. The number of hydrogen-bond donors (Lipinski definition) is 2. The molecule has 0 unspecified atom stereocenters. The van der Waals surface area contributed by atoms with Gasteiger partial charge in [-0.15, -0.1) is 24.0 Å². The van der Waals surface area contributed by atoms with E-state index < -0.39 is 0 Å². The van der Waals surface area contributed by atoms with Gasteiger partial charge in [0.15, 0.2) is 5.96 Å².